The molecular formula is C19H21BN2O3. The van der Waals surface area contributed by atoms with Crippen molar-refractivity contribution in [3.05, 3.63) is 48.5 Å². The summed E-state index contributed by atoms with van der Waals surface area (Å²) in [6.45, 7) is 3.79. The third-order valence-corrected chi connectivity index (χ3v) is 6.40. The van der Waals surface area contributed by atoms with Gasteiger partial charge in [-0.05, 0) is 12.1 Å². The maximum Gasteiger partial charge on any atom is 0.625 e. The Bertz CT molecular complexity index is 902. The standard InChI is InChI=1S/C19H21BN2O3/c1-3-7-18-16(5-1)17-6-2-4-8-19(17)21(18)13-15-14-22-9-11-23-20(22,25-15)24-12-10-22/h1-8,15H,9-14H2. The van der Waals surface area contributed by atoms with Crippen molar-refractivity contribution in [2.75, 3.05) is 32.8 Å². The van der Waals surface area contributed by atoms with Crippen LogP contribution in [0.2, 0.25) is 0 Å². The van der Waals surface area contributed by atoms with Crippen molar-refractivity contribution >= 4 is 28.7 Å². The third-order valence-electron chi connectivity index (χ3n) is 6.40. The van der Waals surface area contributed by atoms with Gasteiger partial charge in [-0.1, -0.05) is 36.4 Å². The minimum atomic E-state index is -1.58. The first-order chi connectivity index (χ1) is 12.3. The molecule has 3 fully saturated rings. The van der Waals surface area contributed by atoms with Crippen LogP contribution in [0.15, 0.2) is 48.5 Å². The maximum absolute atomic E-state index is 6.43. The van der Waals surface area contributed by atoms with Gasteiger partial charge in [0.15, 0.2) is 0 Å². The Balaban J connectivity index is 1.43. The van der Waals surface area contributed by atoms with Gasteiger partial charge in [0.05, 0.1) is 45.5 Å². The van der Waals surface area contributed by atoms with Crippen molar-refractivity contribution in [2.24, 2.45) is 0 Å². The maximum atomic E-state index is 6.43. The Hall–Kier alpha value is -1.86. The SMILES string of the molecule is c1ccc2c(c1)c1ccccc1n2CC1C[N+]23CCO[B-]2(OCC3)O1. The number of fused-ring (bicyclic) bond motifs is 3. The lowest BCUT2D eigenvalue weighted by Crippen LogP contribution is -2.59. The highest BCUT2D eigenvalue weighted by Gasteiger charge is 2.66. The fourth-order valence-electron chi connectivity index (χ4n) is 5.27. The first kappa shape index (κ1) is 14.3. The van der Waals surface area contributed by atoms with Gasteiger partial charge >= 0.3 is 6.89 Å². The lowest BCUT2D eigenvalue weighted by molar-refractivity contribution is -0.816. The van der Waals surface area contributed by atoms with E-state index >= 15 is 0 Å². The van der Waals surface area contributed by atoms with Crippen LogP contribution in [0.4, 0.5) is 0 Å². The molecule has 4 heterocycles. The molecule has 0 radical (unpaired) electrons. The summed E-state index contributed by atoms with van der Waals surface area (Å²) in [5, 5.41) is 2.61. The van der Waals surface area contributed by atoms with Crippen LogP contribution in [0.25, 0.3) is 21.8 Å². The Morgan fingerprint density at radius 2 is 1.52 bits per heavy atom. The van der Waals surface area contributed by atoms with Crippen molar-refractivity contribution < 1.29 is 18.4 Å². The van der Waals surface area contributed by atoms with E-state index in [1.807, 2.05) is 0 Å². The van der Waals surface area contributed by atoms with E-state index in [1.165, 1.54) is 21.8 Å². The van der Waals surface area contributed by atoms with Crippen LogP contribution in [-0.4, -0.2) is 54.8 Å². The fourth-order valence-corrected chi connectivity index (χ4v) is 5.27. The minimum Gasteiger partial charge on any atom is -0.481 e. The Morgan fingerprint density at radius 1 is 0.920 bits per heavy atom. The second kappa shape index (κ2) is 4.86. The Kier molecular flexibility index (Phi) is 2.78. The summed E-state index contributed by atoms with van der Waals surface area (Å²) in [6.07, 6.45) is 0.125. The average Bonchev–Trinajstić information content (AvgIpc) is 3.29. The molecule has 6 rings (SSSR count). The van der Waals surface area contributed by atoms with Crippen LogP contribution in [0, 0.1) is 0 Å². The van der Waals surface area contributed by atoms with Gasteiger partial charge in [0, 0.05) is 21.8 Å². The van der Waals surface area contributed by atoms with E-state index in [1.54, 1.807) is 0 Å². The zero-order valence-corrected chi connectivity index (χ0v) is 14.1. The fraction of sp³-hybridized carbons (Fsp3) is 0.368. The summed E-state index contributed by atoms with van der Waals surface area (Å²) in [6, 6.07) is 17.3. The number of aromatic nitrogens is 1. The van der Waals surface area contributed by atoms with Crippen LogP contribution < -0.4 is 0 Å². The minimum absolute atomic E-state index is 0.125. The molecule has 6 heteroatoms. The summed E-state index contributed by atoms with van der Waals surface area (Å²) in [5.74, 6) is 0. The predicted molar refractivity (Wildman–Crippen MR) is 96.8 cm³/mol. The summed E-state index contributed by atoms with van der Waals surface area (Å²) >= 11 is 0. The van der Waals surface area contributed by atoms with Gasteiger partial charge in [0.1, 0.15) is 0 Å². The molecular weight excluding hydrogens is 315 g/mol. The molecule has 3 aliphatic rings. The summed E-state index contributed by atoms with van der Waals surface area (Å²) in [5.41, 5.74) is 2.54. The second-order valence-electron chi connectivity index (χ2n) is 7.60. The number of nitrogens with zero attached hydrogens (tertiary/aromatic N) is 2. The van der Waals surface area contributed by atoms with Gasteiger partial charge in [-0.25, -0.2) is 0 Å². The highest BCUT2D eigenvalue weighted by molar-refractivity contribution is 6.54. The largest absolute Gasteiger partial charge is 0.625 e. The Labute approximate surface area is 146 Å². The van der Waals surface area contributed by atoms with Crippen LogP contribution in [0.5, 0.6) is 0 Å². The number of rotatable bonds is 2. The van der Waals surface area contributed by atoms with Crippen molar-refractivity contribution in [2.45, 2.75) is 12.6 Å². The molecule has 0 spiro atoms. The smallest absolute Gasteiger partial charge is 0.481 e. The summed E-state index contributed by atoms with van der Waals surface area (Å²) in [7, 11) is 0. The van der Waals surface area contributed by atoms with Gasteiger partial charge in [0.2, 0.25) is 0 Å². The third kappa shape index (κ3) is 1.78. The molecule has 5 nitrogen and oxygen atoms in total. The van der Waals surface area contributed by atoms with Crippen molar-refractivity contribution in [3.8, 4) is 0 Å². The second-order valence-corrected chi connectivity index (χ2v) is 7.60. The molecule has 3 aromatic rings. The molecule has 128 valence electrons. The Morgan fingerprint density at radius 3 is 2.12 bits per heavy atom. The van der Waals surface area contributed by atoms with Gasteiger partial charge in [-0.2, -0.15) is 0 Å². The highest BCUT2D eigenvalue weighted by atomic mass is 16.8. The molecule has 0 bridgehead atoms. The molecule has 0 N–H and O–H groups in total. The van der Waals surface area contributed by atoms with Gasteiger partial charge in [-0.15, -0.1) is 0 Å². The van der Waals surface area contributed by atoms with E-state index in [2.05, 4.69) is 53.1 Å². The number of benzene rings is 2. The van der Waals surface area contributed by atoms with E-state index in [0.717, 1.165) is 43.8 Å². The molecule has 1 unspecified atom stereocenters. The molecule has 0 saturated carbocycles. The number of para-hydroxylation sites is 2. The van der Waals surface area contributed by atoms with Crippen LogP contribution in [0.3, 0.4) is 0 Å². The molecule has 0 amide bonds. The normalized spacial score (nSPS) is 34.0. The molecule has 25 heavy (non-hydrogen) atoms. The van der Waals surface area contributed by atoms with Gasteiger partial charge in [0.25, 0.3) is 0 Å². The molecule has 1 aromatic heterocycles. The van der Waals surface area contributed by atoms with Gasteiger partial charge in [-0.3, -0.25) is 0 Å². The van der Waals surface area contributed by atoms with Crippen LogP contribution in [-0.2, 0) is 20.5 Å². The number of hydrogen-bond acceptors (Lipinski definition) is 3. The average molecular weight is 336 g/mol. The lowest BCUT2D eigenvalue weighted by atomic mass is 9.94. The highest BCUT2D eigenvalue weighted by Crippen LogP contribution is 2.42. The van der Waals surface area contributed by atoms with E-state index < -0.39 is 6.89 Å². The topological polar surface area (TPSA) is 32.6 Å². The number of quaternary nitrogens is 1. The summed E-state index contributed by atoms with van der Waals surface area (Å²) < 4.78 is 21.7. The van der Waals surface area contributed by atoms with Crippen molar-refractivity contribution in [3.63, 3.8) is 0 Å². The van der Waals surface area contributed by atoms with Crippen molar-refractivity contribution in [1.82, 2.24) is 4.57 Å². The van der Waals surface area contributed by atoms with E-state index in [-0.39, 0.29) is 6.10 Å². The quantitative estimate of drug-likeness (QED) is 0.674. The van der Waals surface area contributed by atoms with E-state index in [0.29, 0.717) is 0 Å². The van der Waals surface area contributed by atoms with Crippen LogP contribution in [0.1, 0.15) is 0 Å². The zero-order valence-electron chi connectivity index (χ0n) is 14.1. The number of hydrogen-bond donors (Lipinski definition) is 0. The molecule has 2 aromatic carbocycles. The van der Waals surface area contributed by atoms with Crippen molar-refractivity contribution in [1.29, 1.82) is 0 Å². The lowest BCUT2D eigenvalue weighted by Gasteiger charge is -2.37. The van der Waals surface area contributed by atoms with E-state index in [9.17, 15) is 0 Å². The molecule has 3 saturated heterocycles. The predicted octanol–water partition coefficient (Wildman–Crippen LogP) is 2.51. The molecule has 1 atom stereocenters. The first-order valence-electron chi connectivity index (χ1n) is 9.21. The first-order valence-corrected chi connectivity index (χ1v) is 9.21. The zero-order chi connectivity index (χ0) is 16.5. The molecule has 0 aliphatic carbocycles. The summed E-state index contributed by atoms with van der Waals surface area (Å²) in [4.78, 5) is 0. The van der Waals surface area contributed by atoms with Gasteiger partial charge < -0.3 is 22.9 Å². The van der Waals surface area contributed by atoms with Crippen LogP contribution >= 0.6 is 0 Å². The van der Waals surface area contributed by atoms with E-state index in [4.69, 9.17) is 14.0 Å². The molecule has 3 aliphatic heterocycles. The monoisotopic (exact) mass is 336 g/mol.